The molecule has 0 spiro atoms. The minimum absolute atomic E-state index is 0.0889. The van der Waals surface area contributed by atoms with Crippen molar-refractivity contribution in [3.8, 4) is 5.75 Å². The van der Waals surface area contributed by atoms with Crippen LogP contribution in [0.25, 0.3) is 0 Å². The molecule has 0 aromatic heterocycles. The van der Waals surface area contributed by atoms with Crippen LogP contribution in [0.5, 0.6) is 5.75 Å². The smallest absolute Gasteiger partial charge is 0.265 e. The molecule has 170 valence electrons. The van der Waals surface area contributed by atoms with E-state index < -0.39 is 16.1 Å². The Labute approximate surface area is 188 Å². The van der Waals surface area contributed by atoms with Crippen LogP contribution >= 0.6 is 0 Å². The highest BCUT2D eigenvalue weighted by Gasteiger charge is 2.34. The van der Waals surface area contributed by atoms with E-state index in [9.17, 15) is 18.0 Å². The highest BCUT2D eigenvalue weighted by molar-refractivity contribution is 7.89. The zero-order chi connectivity index (χ0) is 23.0. The Morgan fingerprint density at radius 2 is 1.78 bits per heavy atom. The molecule has 1 saturated heterocycles. The summed E-state index contributed by atoms with van der Waals surface area (Å²) in [5.74, 6) is -0.257. The molecular weight excluding hydrogens is 430 g/mol. The first-order valence-corrected chi connectivity index (χ1v) is 12.1. The van der Waals surface area contributed by atoms with Gasteiger partial charge in [0.05, 0.1) is 10.6 Å². The number of piperidine rings is 1. The number of carbonyl (C=O) groups excluding carboxylic acids is 2. The number of rotatable bonds is 4. The fraction of sp³-hybridized carbons (Fsp3) is 0.391. The molecule has 32 heavy (non-hydrogen) atoms. The number of ether oxygens (including phenoxy) is 1. The molecule has 0 radical (unpaired) electrons. The molecule has 2 heterocycles. The highest BCUT2D eigenvalue weighted by Crippen LogP contribution is 2.36. The van der Waals surface area contributed by atoms with Gasteiger partial charge in [-0.05, 0) is 57.4 Å². The second-order valence-corrected chi connectivity index (χ2v) is 10.3. The summed E-state index contributed by atoms with van der Waals surface area (Å²) in [7, 11) is -3.76. The lowest BCUT2D eigenvalue weighted by atomic mass is 9.97. The molecule has 8 nitrogen and oxygen atoms in total. The number of hydrogen-bond donors (Lipinski definition) is 2. The lowest BCUT2D eigenvalue weighted by Crippen LogP contribution is -2.41. The van der Waals surface area contributed by atoms with E-state index in [1.54, 1.807) is 19.9 Å². The molecule has 9 heteroatoms. The molecule has 2 aliphatic heterocycles. The molecule has 1 atom stereocenters. The lowest BCUT2D eigenvalue weighted by Gasteiger charge is -2.31. The van der Waals surface area contributed by atoms with Crippen molar-refractivity contribution < 1.29 is 22.7 Å². The van der Waals surface area contributed by atoms with E-state index in [2.05, 4.69) is 10.6 Å². The Bertz CT molecular complexity index is 1150. The highest BCUT2D eigenvalue weighted by atomic mass is 32.2. The van der Waals surface area contributed by atoms with Crippen LogP contribution in [0.3, 0.4) is 0 Å². The van der Waals surface area contributed by atoms with Crippen LogP contribution in [0.4, 0.5) is 11.4 Å². The third-order valence-corrected chi connectivity index (χ3v) is 8.01. The number of hydrogen-bond acceptors (Lipinski definition) is 5. The number of benzene rings is 2. The predicted molar refractivity (Wildman–Crippen MR) is 121 cm³/mol. The van der Waals surface area contributed by atoms with Crippen molar-refractivity contribution in [3.05, 3.63) is 47.5 Å². The summed E-state index contributed by atoms with van der Waals surface area (Å²) >= 11 is 0. The van der Waals surface area contributed by atoms with Crippen LogP contribution in [-0.2, 0) is 19.6 Å². The normalized spacial score (nSPS) is 19.6. The Balaban J connectivity index is 1.45. The average molecular weight is 458 g/mol. The topological polar surface area (TPSA) is 105 Å². The zero-order valence-corrected chi connectivity index (χ0v) is 19.2. The van der Waals surface area contributed by atoms with Gasteiger partial charge in [0.25, 0.3) is 5.91 Å². The Morgan fingerprint density at radius 3 is 2.44 bits per heavy atom. The number of nitrogens with one attached hydrogen (secondary N) is 2. The molecule has 2 aromatic rings. The van der Waals surface area contributed by atoms with Gasteiger partial charge in [0.2, 0.25) is 15.9 Å². The third-order valence-electron chi connectivity index (χ3n) is 5.97. The molecule has 2 N–H and O–H groups in total. The van der Waals surface area contributed by atoms with E-state index in [1.807, 2.05) is 31.2 Å². The molecular formula is C23H27N3O5S. The quantitative estimate of drug-likeness (QED) is 0.734. The first-order valence-electron chi connectivity index (χ1n) is 10.6. The minimum Gasteiger partial charge on any atom is -0.479 e. The van der Waals surface area contributed by atoms with Crippen LogP contribution in [0.2, 0.25) is 0 Å². The van der Waals surface area contributed by atoms with Gasteiger partial charge >= 0.3 is 0 Å². The van der Waals surface area contributed by atoms with Gasteiger partial charge in [-0.15, -0.1) is 0 Å². The van der Waals surface area contributed by atoms with Crippen LogP contribution in [0, 0.1) is 19.8 Å². The van der Waals surface area contributed by atoms with Gasteiger partial charge in [-0.25, -0.2) is 8.42 Å². The van der Waals surface area contributed by atoms with Crippen molar-refractivity contribution in [1.82, 2.24) is 4.31 Å². The van der Waals surface area contributed by atoms with Gasteiger partial charge in [0.1, 0.15) is 5.75 Å². The SMILES string of the molecule is Cc1ccc(NC(=O)C2CCN(S(=O)(=O)c3cc4c(cc3C)NC(=O)C(C)O4)CC2)cc1. The van der Waals surface area contributed by atoms with Gasteiger partial charge in [-0.3, -0.25) is 9.59 Å². The van der Waals surface area contributed by atoms with E-state index in [4.69, 9.17) is 4.74 Å². The molecule has 0 aliphatic carbocycles. The van der Waals surface area contributed by atoms with Crippen molar-refractivity contribution in [2.45, 2.75) is 44.6 Å². The maximum atomic E-state index is 13.3. The number of aryl methyl sites for hydroxylation is 2. The number of nitrogens with zero attached hydrogens (tertiary/aromatic N) is 1. The summed E-state index contributed by atoms with van der Waals surface area (Å²) in [6.45, 7) is 5.81. The van der Waals surface area contributed by atoms with Gasteiger partial charge in [0, 0.05) is 30.8 Å². The van der Waals surface area contributed by atoms with E-state index in [0.29, 0.717) is 29.8 Å². The first-order chi connectivity index (χ1) is 15.1. The molecule has 1 fully saturated rings. The monoisotopic (exact) mass is 457 g/mol. The lowest BCUT2D eigenvalue weighted by molar-refractivity contribution is -0.123. The van der Waals surface area contributed by atoms with E-state index in [-0.39, 0.29) is 35.7 Å². The fourth-order valence-electron chi connectivity index (χ4n) is 4.00. The third kappa shape index (κ3) is 4.35. The van der Waals surface area contributed by atoms with Gasteiger partial charge in [-0.1, -0.05) is 17.7 Å². The van der Waals surface area contributed by atoms with Gasteiger partial charge < -0.3 is 15.4 Å². The Hall–Kier alpha value is -2.91. The van der Waals surface area contributed by atoms with Crippen LogP contribution in [0.15, 0.2) is 41.3 Å². The maximum absolute atomic E-state index is 13.3. The summed E-state index contributed by atoms with van der Waals surface area (Å²) in [4.78, 5) is 24.6. The van der Waals surface area contributed by atoms with Crippen LogP contribution < -0.4 is 15.4 Å². The largest absolute Gasteiger partial charge is 0.479 e. The average Bonchev–Trinajstić information content (AvgIpc) is 2.76. The number of amides is 2. The number of fused-ring (bicyclic) bond motifs is 1. The molecule has 4 rings (SSSR count). The van der Waals surface area contributed by atoms with Gasteiger partial charge in [0.15, 0.2) is 6.10 Å². The fourth-order valence-corrected chi connectivity index (χ4v) is 5.69. The van der Waals surface area contributed by atoms with E-state index in [1.165, 1.54) is 10.4 Å². The van der Waals surface area contributed by atoms with Gasteiger partial charge in [-0.2, -0.15) is 4.31 Å². The molecule has 0 saturated carbocycles. The van der Waals surface area contributed by atoms with E-state index >= 15 is 0 Å². The van der Waals surface area contributed by atoms with Crippen LogP contribution in [-0.4, -0.2) is 43.7 Å². The first kappa shape index (κ1) is 22.3. The minimum atomic E-state index is -3.76. The summed E-state index contributed by atoms with van der Waals surface area (Å²) in [5, 5.41) is 5.65. The molecule has 1 unspecified atom stereocenters. The van der Waals surface area contributed by atoms with Crippen molar-refractivity contribution in [1.29, 1.82) is 0 Å². The number of carbonyl (C=O) groups is 2. The van der Waals surface area contributed by atoms with Crippen molar-refractivity contribution in [2.75, 3.05) is 23.7 Å². The molecule has 2 aliphatic rings. The second-order valence-electron chi connectivity index (χ2n) is 8.40. The van der Waals surface area contributed by atoms with Crippen LogP contribution in [0.1, 0.15) is 30.9 Å². The standard InChI is InChI=1S/C23H27N3O5S/c1-14-4-6-18(7-5-14)24-23(28)17-8-10-26(11-9-17)32(29,30)21-13-20-19(12-15(21)2)25-22(27)16(3)31-20/h4-7,12-13,16-17H,8-11H2,1-3H3,(H,24,28)(H,25,27). The predicted octanol–water partition coefficient (Wildman–Crippen LogP) is 3.06. The van der Waals surface area contributed by atoms with Crippen molar-refractivity contribution >= 4 is 33.2 Å². The zero-order valence-electron chi connectivity index (χ0n) is 18.3. The summed E-state index contributed by atoms with van der Waals surface area (Å²) in [6.07, 6.45) is 0.207. The molecule has 2 aromatic carbocycles. The summed E-state index contributed by atoms with van der Waals surface area (Å²) in [6, 6.07) is 10.7. The molecule has 0 bridgehead atoms. The summed E-state index contributed by atoms with van der Waals surface area (Å²) < 4.78 is 33.6. The molecule has 2 amide bonds. The number of sulfonamides is 1. The Kier molecular flexibility index (Phi) is 5.96. The van der Waals surface area contributed by atoms with Crippen molar-refractivity contribution in [2.24, 2.45) is 5.92 Å². The maximum Gasteiger partial charge on any atom is 0.265 e. The van der Waals surface area contributed by atoms with E-state index in [0.717, 1.165) is 11.3 Å². The summed E-state index contributed by atoms with van der Waals surface area (Å²) in [5.41, 5.74) is 2.85. The second kappa shape index (κ2) is 8.55. The Morgan fingerprint density at radius 1 is 1.12 bits per heavy atom. The van der Waals surface area contributed by atoms with Crippen molar-refractivity contribution in [3.63, 3.8) is 0 Å². The number of anilines is 2.